The van der Waals surface area contributed by atoms with E-state index in [4.69, 9.17) is 0 Å². The topological polar surface area (TPSA) is 0 Å². The Balaban J connectivity index is 1.23. The number of fused-ring (bicyclic) bond motifs is 6. The maximum absolute atomic E-state index is 2.48. The molecule has 0 N–H and O–H groups in total. The Morgan fingerprint density at radius 3 is 1.33 bits per heavy atom. The molecule has 0 aromatic heterocycles. The molecule has 0 nitrogen and oxygen atoms in total. The molecule has 0 spiro atoms. The van der Waals surface area contributed by atoms with E-state index in [0.717, 1.165) is 0 Å². The van der Waals surface area contributed by atoms with Gasteiger partial charge in [-0.1, -0.05) is 188 Å². The zero-order valence-corrected chi connectivity index (χ0v) is 29.5. The molecule has 0 aliphatic heterocycles. The summed E-state index contributed by atoms with van der Waals surface area (Å²) in [6, 6.07) is 72.7. The molecule has 246 valence electrons. The molecule has 0 bridgehead atoms. The first-order valence-corrected chi connectivity index (χ1v) is 18.4. The van der Waals surface area contributed by atoms with E-state index < -0.39 is 10.8 Å². The predicted molar refractivity (Wildman–Crippen MR) is 216 cm³/mol. The second-order valence-corrected chi connectivity index (χ2v) is 14.5. The second kappa shape index (κ2) is 11.7. The summed E-state index contributed by atoms with van der Waals surface area (Å²) in [4.78, 5) is 0. The lowest BCUT2D eigenvalue weighted by Crippen LogP contribution is -2.28. The first-order valence-electron chi connectivity index (χ1n) is 18.4. The van der Waals surface area contributed by atoms with Gasteiger partial charge in [0.15, 0.2) is 0 Å². The van der Waals surface area contributed by atoms with Crippen LogP contribution in [0.3, 0.4) is 0 Å². The van der Waals surface area contributed by atoms with E-state index in [1.807, 2.05) is 0 Å². The summed E-state index contributed by atoms with van der Waals surface area (Å²) in [5, 5.41) is 0. The molecule has 1 atom stereocenters. The molecule has 8 aromatic rings. The minimum atomic E-state index is -0.441. The van der Waals surface area contributed by atoms with Crippen molar-refractivity contribution in [3.8, 4) is 33.4 Å². The molecule has 2 aliphatic rings. The lowest BCUT2D eigenvalue weighted by atomic mass is 9.67. The van der Waals surface area contributed by atoms with Crippen molar-refractivity contribution in [3.05, 3.63) is 250 Å². The van der Waals surface area contributed by atoms with Crippen LogP contribution in [0.25, 0.3) is 33.4 Å². The van der Waals surface area contributed by atoms with Crippen LogP contribution in [0.1, 0.15) is 55.6 Å². The Labute approximate surface area is 306 Å². The Kier molecular flexibility index (Phi) is 6.85. The highest BCUT2D eigenvalue weighted by atomic mass is 14.5. The zero-order valence-electron chi connectivity index (χ0n) is 29.5. The maximum Gasteiger partial charge on any atom is 0.0713 e. The van der Waals surface area contributed by atoms with Crippen LogP contribution in [0.5, 0.6) is 0 Å². The fraction of sp³-hybridized carbons (Fsp3) is 0.0769. The highest BCUT2D eigenvalue weighted by Crippen LogP contribution is 2.59. The van der Waals surface area contributed by atoms with Gasteiger partial charge in [-0.05, 0) is 109 Å². The molecule has 8 aromatic carbocycles. The number of hydrogen-bond donors (Lipinski definition) is 0. The lowest BCUT2D eigenvalue weighted by molar-refractivity contribution is 0.767. The molecule has 0 heteroatoms. The Morgan fingerprint density at radius 1 is 0.288 bits per heavy atom. The molecule has 1 unspecified atom stereocenters. The number of hydrogen-bond acceptors (Lipinski definition) is 0. The lowest BCUT2D eigenvalue weighted by Gasteiger charge is -2.34. The SMILES string of the molecule is Cc1ccc2c(c1)-c1ccccc1C2(c1ccccc1)c1cccc(-c2cc3c(cc2C)C(c2ccccc2)(c2ccccc2)c2ccccc2-3)c1. The van der Waals surface area contributed by atoms with Gasteiger partial charge in [-0.3, -0.25) is 0 Å². The average Bonchev–Trinajstić information content (AvgIpc) is 3.66. The van der Waals surface area contributed by atoms with Gasteiger partial charge < -0.3 is 0 Å². The van der Waals surface area contributed by atoms with Crippen molar-refractivity contribution >= 4 is 0 Å². The van der Waals surface area contributed by atoms with Crippen molar-refractivity contribution in [2.45, 2.75) is 24.7 Å². The molecule has 0 radical (unpaired) electrons. The summed E-state index contributed by atoms with van der Waals surface area (Å²) < 4.78 is 0. The molecule has 0 amide bonds. The van der Waals surface area contributed by atoms with Crippen LogP contribution in [0.4, 0.5) is 0 Å². The molecule has 0 saturated heterocycles. The molecule has 0 fully saturated rings. The van der Waals surface area contributed by atoms with Gasteiger partial charge in [-0.25, -0.2) is 0 Å². The molecule has 52 heavy (non-hydrogen) atoms. The quantitative estimate of drug-likeness (QED) is 0.172. The highest BCUT2D eigenvalue weighted by molar-refractivity contribution is 5.91. The Morgan fingerprint density at radius 2 is 0.750 bits per heavy atom. The van der Waals surface area contributed by atoms with E-state index in [1.54, 1.807) is 0 Å². The van der Waals surface area contributed by atoms with Crippen LogP contribution in [0, 0.1) is 13.8 Å². The van der Waals surface area contributed by atoms with Gasteiger partial charge in [0.25, 0.3) is 0 Å². The molecule has 2 aliphatic carbocycles. The summed E-state index contributed by atoms with van der Waals surface area (Å²) in [5.41, 5.74) is 20.0. The van der Waals surface area contributed by atoms with Crippen LogP contribution >= 0.6 is 0 Å². The van der Waals surface area contributed by atoms with Crippen molar-refractivity contribution in [3.63, 3.8) is 0 Å². The molecular weight excluding hydrogens is 625 g/mol. The average molecular weight is 663 g/mol. The number of aryl methyl sites for hydroxylation is 2. The standard InChI is InChI=1S/C52H38/c1-35-29-30-49-45(31-35)42-25-12-15-28-48(42)52(49,40-22-10-5-11-23-40)41-24-16-17-37(33-41)44-34-46-43-26-13-14-27-47(43)51(50(46)32-36(44)2,38-18-6-3-7-19-38)39-20-8-4-9-21-39/h3-34H,1-2H3. The van der Waals surface area contributed by atoms with E-state index in [0.29, 0.717) is 0 Å². The van der Waals surface area contributed by atoms with Gasteiger partial charge in [0.1, 0.15) is 0 Å². The van der Waals surface area contributed by atoms with Crippen LogP contribution in [-0.2, 0) is 10.8 Å². The Bertz CT molecular complexity index is 2590. The van der Waals surface area contributed by atoms with E-state index in [-0.39, 0.29) is 0 Å². The highest BCUT2D eigenvalue weighted by Gasteiger charge is 2.48. The van der Waals surface area contributed by atoms with E-state index in [9.17, 15) is 0 Å². The summed E-state index contributed by atoms with van der Waals surface area (Å²) >= 11 is 0. The second-order valence-electron chi connectivity index (χ2n) is 14.5. The fourth-order valence-electron chi connectivity index (χ4n) is 9.70. The van der Waals surface area contributed by atoms with Gasteiger partial charge in [0, 0.05) is 0 Å². The largest absolute Gasteiger partial charge is 0.0713 e. The summed E-state index contributed by atoms with van der Waals surface area (Å²) in [6.45, 7) is 4.49. The predicted octanol–water partition coefficient (Wildman–Crippen LogP) is 12.7. The third-order valence-electron chi connectivity index (χ3n) is 11.8. The third kappa shape index (κ3) is 4.16. The Hall–Kier alpha value is -6.24. The van der Waals surface area contributed by atoms with Crippen LogP contribution in [0.15, 0.2) is 194 Å². The van der Waals surface area contributed by atoms with Gasteiger partial charge in [-0.15, -0.1) is 0 Å². The third-order valence-corrected chi connectivity index (χ3v) is 11.8. The smallest absolute Gasteiger partial charge is 0.0622 e. The first kappa shape index (κ1) is 30.6. The van der Waals surface area contributed by atoms with Crippen LogP contribution in [0.2, 0.25) is 0 Å². The first-order chi connectivity index (χ1) is 25.6. The molecule has 10 rings (SSSR count). The van der Waals surface area contributed by atoms with Crippen molar-refractivity contribution in [1.82, 2.24) is 0 Å². The van der Waals surface area contributed by atoms with Crippen LogP contribution in [-0.4, -0.2) is 0 Å². The van der Waals surface area contributed by atoms with Crippen molar-refractivity contribution < 1.29 is 0 Å². The summed E-state index contributed by atoms with van der Waals surface area (Å²) in [7, 11) is 0. The van der Waals surface area contributed by atoms with Gasteiger partial charge in [-0.2, -0.15) is 0 Å². The van der Waals surface area contributed by atoms with Crippen molar-refractivity contribution in [1.29, 1.82) is 0 Å². The zero-order chi connectivity index (χ0) is 34.9. The van der Waals surface area contributed by atoms with Gasteiger partial charge in [0.2, 0.25) is 0 Å². The van der Waals surface area contributed by atoms with Crippen molar-refractivity contribution in [2.75, 3.05) is 0 Å². The van der Waals surface area contributed by atoms with E-state index in [1.165, 1.54) is 89.0 Å². The van der Waals surface area contributed by atoms with E-state index >= 15 is 0 Å². The van der Waals surface area contributed by atoms with Gasteiger partial charge in [0.05, 0.1) is 10.8 Å². The number of benzene rings is 8. The minimum Gasteiger partial charge on any atom is -0.0622 e. The van der Waals surface area contributed by atoms with Crippen molar-refractivity contribution in [2.24, 2.45) is 0 Å². The molecule has 0 saturated carbocycles. The summed E-state index contributed by atoms with van der Waals surface area (Å²) in [6.07, 6.45) is 0. The molecule has 0 heterocycles. The normalized spacial score (nSPS) is 16.1. The maximum atomic E-state index is 2.48. The number of rotatable bonds is 5. The summed E-state index contributed by atoms with van der Waals surface area (Å²) in [5.74, 6) is 0. The fourth-order valence-corrected chi connectivity index (χ4v) is 9.70. The molecular formula is C52H38. The van der Waals surface area contributed by atoms with E-state index in [2.05, 4.69) is 208 Å². The minimum absolute atomic E-state index is 0.410. The monoisotopic (exact) mass is 662 g/mol. The van der Waals surface area contributed by atoms with Crippen LogP contribution < -0.4 is 0 Å². The van der Waals surface area contributed by atoms with Gasteiger partial charge >= 0.3 is 0 Å².